The maximum absolute atomic E-state index is 12.7. The van der Waals surface area contributed by atoms with Crippen LogP contribution in [0.5, 0.6) is 5.75 Å². The lowest BCUT2D eigenvalue weighted by atomic mass is 9.85. The van der Waals surface area contributed by atoms with Crippen LogP contribution in [-0.4, -0.2) is 35.0 Å². The molecule has 1 saturated heterocycles. The van der Waals surface area contributed by atoms with Crippen molar-refractivity contribution in [2.45, 2.75) is 66.2 Å². The van der Waals surface area contributed by atoms with E-state index in [1.807, 2.05) is 59.0 Å². The molecule has 2 heterocycles. The molecule has 1 aromatic heterocycles. The Morgan fingerprint density at radius 3 is 2.35 bits per heavy atom. The van der Waals surface area contributed by atoms with Gasteiger partial charge in [-0.3, -0.25) is 14.7 Å². The standard InChI is InChI=1S/C26H37N3O2/c1-19(2)31-22-11-9-20(10-12-22)18-29-16-13-21(14-17-29)24(23-8-6-7-15-27-23)28-25(30)26(3,4)5/h6-12,15,19,21,24H,13-14,16-18H2,1-5H3,(H,28,30)/t24-/m0/s1. The van der Waals surface area contributed by atoms with E-state index in [4.69, 9.17) is 4.74 Å². The van der Waals surface area contributed by atoms with Crippen LogP contribution < -0.4 is 10.1 Å². The minimum atomic E-state index is -0.417. The number of piperidine rings is 1. The lowest BCUT2D eigenvalue weighted by Crippen LogP contribution is -2.44. The van der Waals surface area contributed by atoms with Crippen LogP contribution in [0.2, 0.25) is 0 Å². The lowest BCUT2D eigenvalue weighted by molar-refractivity contribution is -0.129. The van der Waals surface area contributed by atoms with E-state index in [0.717, 1.165) is 43.9 Å². The van der Waals surface area contributed by atoms with Crippen LogP contribution >= 0.6 is 0 Å². The fourth-order valence-electron chi connectivity index (χ4n) is 4.00. The molecule has 5 nitrogen and oxygen atoms in total. The number of hydrogen-bond acceptors (Lipinski definition) is 4. The molecule has 0 unspecified atom stereocenters. The lowest BCUT2D eigenvalue weighted by Gasteiger charge is -2.37. The van der Waals surface area contributed by atoms with Gasteiger partial charge in [-0.05, 0) is 75.5 Å². The molecule has 1 aliphatic rings. The highest BCUT2D eigenvalue weighted by atomic mass is 16.5. The van der Waals surface area contributed by atoms with E-state index >= 15 is 0 Å². The van der Waals surface area contributed by atoms with Crippen molar-refractivity contribution in [3.05, 3.63) is 59.9 Å². The van der Waals surface area contributed by atoms with E-state index in [1.54, 1.807) is 0 Å². The number of carbonyl (C=O) groups excluding carboxylic acids is 1. The Balaban J connectivity index is 1.60. The SMILES string of the molecule is CC(C)Oc1ccc(CN2CCC([C@H](NC(=O)C(C)(C)C)c3ccccn3)CC2)cc1. The van der Waals surface area contributed by atoms with Gasteiger partial charge in [0.1, 0.15) is 5.75 Å². The molecule has 0 saturated carbocycles. The van der Waals surface area contributed by atoms with Crippen molar-refractivity contribution in [2.75, 3.05) is 13.1 Å². The largest absolute Gasteiger partial charge is 0.491 e. The summed E-state index contributed by atoms with van der Waals surface area (Å²) in [6.07, 6.45) is 4.09. The average Bonchev–Trinajstić information content (AvgIpc) is 2.73. The smallest absolute Gasteiger partial charge is 0.225 e. The Morgan fingerprint density at radius 2 is 1.81 bits per heavy atom. The maximum Gasteiger partial charge on any atom is 0.225 e. The van der Waals surface area contributed by atoms with Crippen LogP contribution in [0.4, 0.5) is 0 Å². The molecule has 0 spiro atoms. The van der Waals surface area contributed by atoms with Gasteiger partial charge in [-0.2, -0.15) is 0 Å². The zero-order valence-corrected chi connectivity index (χ0v) is 19.6. The van der Waals surface area contributed by atoms with Gasteiger partial charge in [0.15, 0.2) is 0 Å². The summed E-state index contributed by atoms with van der Waals surface area (Å²) in [5, 5.41) is 3.30. The third-order valence-electron chi connectivity index (χ3n) is 5.78. The minimum absolute atomic E-state index is 0.0393. The second-order valence-corrected chi connectivity index (χ2v) is 9.88. The normalized spacial score (nSPS) is 16.8. The van der Waals surface area contributed by atoms with Crippen molar-refractivity contribution in [3.63, 3.8) is 0 Å². The molecule has 0 radical (unpaired) electrons. The summed E-state index contributed by atoms with van der Waals surface area (Å²) >= 11 is 0. The van der Waals surface area contributed by atoms with Gasteiger partial charge < -0.3 is 10.1 Å². The summed E-state index contributed by atoms with van der Waals surface area (Å²) in [4.78, 5) is 19.8. The van der Waals surface area contributed by atoms with Gasteiger partial charge >= 0.3 is 0 Å². The van der Waals surface area contributed by atoms with Crippen molar-refractivity contribution in [3.8, 4) is 5.75 Å². The van der Waals surface area contributed by atoms with E-state index in [1.165, 1.54) is 5.56 Å². The summed E-state index contributed by atoms with van der Waals surface area (Å²) in [5.74, 6) is 1.39. The molecule has 31 heavy (non-hydrogen) atoms. The van der Waals surface area contributed by atoms with Crippen molar-refractivity contribution >= 4 is 5.91 Å². The fraction of sp³-hybridized carbons (Fsp3) is 0.538. The molecule has 1 N–H and O–H groups in total. The van der Waals surface area contributed by atoms with Gasteiger partial charge in [0.2, 0.25) is 5.91 Å². The first kappa shape index (κ1) is 23.3. The first-order valence-electron chi connectivity index (χ1n) is 11.4. The number of nitrogens with zero attached hydrogens (tertiary/aromatic N) is 2. The van der Waals surface area contributed by atoms with E-state index < -0.39 is 5.41 Å². The highest BCUT2D eigenvalue weighted by molar-refractivity contribution is 5.81. The molecule has 1 atom stereocenters. The molecule has 1 aromatic carbocycles. The molecule has 1 aliphatic heterocycles. The Hall–Kier alpha value is -2.40. The van der Waals surface area contributed by atoms with Crippen molar-refractivity contribution in [1.82, 2.24) is 15.2 Å². The number of ether oxygens (including phenoxy) is 1. The molecule has 0 aliphatic carbocycles. The van der Waals surface area contributed by atoms with Crippen LogP contribution in [0, 0.1) is 11.3 Å². The first-order valence-corrected chi connectivity index (χ1v) is 11.4. The molecule has 5 heteroatoms. The number of pyridine rings is 1. The molecular weight excluding hydrogens is 386 g/mol. The highest BCUT2D eigenvalue weighted by Crippen LogP contribution is 2.31. The van der Waals surface area contributed by atoms with Crippen molar-refractivity contribution in [2.24, 2.45) is 11.3 Å². The van der Waals surface area contributed by atoms with Crippen LogP contribution in [-0.2, 0) is 11.3 Å². The number of benzene rings is 1. The zero-order valence-electron chi connectivity index (χ0n) is 19.6. The second kappa shape index (κ2) is 10.3. The first-order chi connectivity index (χ1) is 14.7. The number of aromatic nitrogens is 1. The Kier molecular flexibility index (Phi) is 7.71. The van der Waals surface area contributed by atoms with Crippen LogP contribution in [0.25, 0.3) is 0 Å². The molecule has 1 amide bonds. The molecule has 2 aromatic rings. The van der Waals surface area contributed by atoms with Crippen LogP contribution in [0.1, 0.15) is 64.8 Å². The number of hydrogen-bond donors (Lipinski definition) is 1. The summed E-state index contributed by atoms with van der Waals surface area (Å²) in [7, 11) is 0. The molecule has 168 valence electrons. The fourth-order valence-corrected chi connectivity index (χ4v) is 4.00. The quantitative estimate of drug-likeness (QED) is 0.682. The van der Waals surface area contributed by atoms with E-state index in [2.05, 4.69) is 39.5 Å². The van der Waals surface area contributed by atoms with E-state index in [9.17, 15) is 4.79 Å². The number of rotatable bonds is 7. The summed E-state index contributed by atoms with van der Waals surface area (Å²) in [5.41, 5.74) is 1.84. The predicted octanol–water partition coefficient (Wildman–Crippen LogP) is 4.98. The van der Waals surface area contributed by atoms with Crippen molar-refractivity contribution in [1.29, 1.82) is 0 Å². The van der Waals surface area contributed by atoms with E-state index in [0.29, 0.717) is 5.92 Å². The monoisotopic (exact) mass is 423 g/mol. The summed E-state index contributed by atoms with van der Waals surface area (Å²) in [6.45, 7) is 12.9. The Labute approximate surface area is 187 Å². The second-order valence-electron chi connectivity index (χ2n) is 9.88. The van der Waals surface area contributed by atoms with Crippen molar-refractivity contribution < 1.29 is 9.53 Å². The van der Waals surface area contributed by atoms with Gasteiger partial charge in [-0.1, -0.05) is 39.0 Å². The van der Waals surface area contributed by atoms with Gasteiger partial charge in [-0.25, -0.2) is 0 Å². The topological polar surface area (TPSA) is 54.5 Å². The number of likely N-dealkylation sites (tertiary alicyclic amines) is 1. The molecule has 0 bridgehead atoms. The van der Waals surface area contributed by atoms with Gasteiger partial charge in [0.25, 0.3) is 0 Å². The minimum Gasteiger partial charge on any atom is -0.491 e. The number of amides is 1. The predicted molar refractivity (Wildman–Crippen MR) is 125 cm³/mol. The van der Waals surface area contributed by atoms with Crippen LogP contribution in [0.15, 0.2) is 48.7 Å². The van der Waals surface area contributed by atoms with Crippen LogP contribution in [0.3, 0.4) is 0 Å². The zero-order chi connectivity index (χ0) is 22.4. The third kappa shape index (κ3) is 6.79. The Bertz CT molecular complexity index is 820. The van der Waals surface area contributed by atoms with Gasteiger partial charge in [0, 0.05) is 18.2 Å². The van der Waals surface area contributed by atoms with Gasteiger partial charge in [0.05, 0.1) is 17.8 Å². The van der Waals surface area contributed by atoms with Gasteiger partial charge in [-0.15, -0.1) is 0 Å². The number of nitrogens with one attached hydrogen (secondary N) is 1. The van der Waals surface area contributed by atoms with E-state index in [-0.39, 0.29) is 18.1 Å². The average molecular weight is 424 g/mol. The molecule has 3 rings (SSSR count). The molecule has 1 fully saturated rings. The third-order valence-corrected chi connectivity index (χ3v) is 5.78. The highest BCUT2D eigenvalue weighted by Gasteiger charge is 2.32. The summed E-state index contributed by atoms with van der Waals surface area (Å²) in [6, 6.07) is 14.3. The Morgan fingerprint density at radius 1 is 1.13 bits per heavy atom. The molecular formula is C26H37N3O2. The number of carbonyl (C=O) groups is 1. The summed E-state index contributed by atoms with van der Waals surface area (Å²) < 4.78 is 5.74. The maximum atomic E-state index is 12.7.